The fraction of sp³-hybridized carbons (Fsp3) is 0.318. The van der Waals surface area contributed by atoms with Crippen molar-refractivity contribution in [1.82, 2.24) is 25.4 Å². The Kier molecular flexibility index (Phi) is 5.63. The topological polar surface area (TPSA) is 152 Å². The number of rotatable bonds is 5. The van der Waals surface area contributed by atoms with Gasteiger partial charge in [0.1, 0.15) is 29.7 Å². The van der Waals surface area contributed by atoms with Crippen LogP contribution in [-0.2, 0) is 10.2 Å². The first-order valence-electron chi connectivity index (χ1n) is 11.0. The summed E-state index contributed by atoms with van der Waals surface area (Å²) in [4.78, 5) is 45.3. The van der Waals surface area contributed by atoms with Crippen molar-refractivity contribution in [2.75, 3.05) is 12.0 Å². The van der Waals surface area contributed by atoms with Crippen LogP contribution in [0.2, 0.25) is 0 Å². The Morgan fingerprint density at radius 1 is 1.21 bits per heavy atom. The van der Waals surface area contributed by atoms with Gasteiger partial charge in [-0.2, -0.15) is 27.2 Å². The van der Waals surface area contributed by atoms with Crippen LogP contribution in [-0.4, -0.2) is 56.2 Å². The number of carbonyl (C=O) groups is 1. The van der Waals surface area contributed by atoms with E-state index in [4.69, 9.17) is 5.26 Å². The number of hydrogen-bond donors (Lipinski definition) is 3. The van der Waals surface area contributed by atoms with Gasteiger partial charge < -0.3 is 10.3 Å². The van der Waals surface area contributed by atoms with Crippen molar-refractivity contribution in [3.8, 4) is 6.07 Å². The van der Waals surface area contributed by atoms with Crippen molar-refractivity contribution in [1.29, 1.82) is 5.26 Å². The molecule has 1 atom stereocenters. The maximum Gasteiger partial charge on any atom is 0.453 e. The quantitative estimate of drug-likeness (QED) is 0.499. The van der Waals surface area contributed by atoms with Gasteiger partial charge in [-0.1, -0.05) is 0 Å². The molecule has 5 heterocycles. The number of aromatic nitrogens is 3. The number of alkyl halides is 5. The minimum atomic E-state index is -5.72. The smallest absolute Gasteiger partial charge is 0.309 e. The van der Waals surface area contributed by atoms with Gasteiger partial charge in [-0.25, -0.2) is 20.4 Å². The van der Waals surface area contributed by atoms with Crippen molar-refractivity contribution in [3.63, 3.8) is 0 Å². The molecule has 0 radical (unpaired) electrons. The number of nitrogens with one attached hydrogen (secondary N) is 3. The van der Waals surface area contributed by atoms with Gasteiger partial charge in [-0.15, -0.1) is 0 Å². The second kappa shape index (κ2) is 8.52. The molecule has 0 fully saturated rings. The molecule has 196 valence electrons. The normalized spacial score (nSPS) is 20.7. The zero-order valence-electron chi connectivity index (χ0n) is 19.3. The fourth-order valence-corrected chi connectivity index (χ4v) is 4.22. The van der Waals surface area contributed by atoms with E-state index in [0.717, 1.165) is 0 Å². The molecule has 1 unspecified atom stereocenters. The number of nitrogens with zero attached hydrogens (tertiary/aromatic N) is 6. The zero-order valence-corrected chi connectivity index (χ0v) is 19.3. The van der Waals surface area contributed by atoms with E-state index in [9.17, 15) is 31.5 Å². The number of aromatic amines is 1. The predicted molar refractivity (Wildman–Crippen MR) is 122 cm³/mol. The number of H-pyrrole nitrogens is 1. The zero-order chi connectivity index (χ0) is 27.5. The number of anilines is 1. The van der Waals surface area contributed by atoms with Crippen molar-refractivity contribution in [3.05, 3.63) is 57.5 Å². The lowest BCUT2D eigenvalue weighted by molar-refractivity contribution is -0.283. The van der Waals surface area contributed by atoms with Crippen molar-refractivity contribution in [2.24, 2.45) is 9.98 Å². The Morgan fingerprint density at radius 2 is 1.97 bits per heavy atom. The highest BCUT2D eigenvalue weighted by atomic mass is 19.4. The second-order valence-corrected chi connectivity index (χ2v) is 8.70. The monoisotopic (exact) mass is 533 g/mol. The molecule has 2 aromatic heterocycles. The van der Waals surface area contributed by atoms with E-state index in [1.165, 1.54) is 36.5 Å². The number of hydrazine groups is 1. The largest absolute Gasteiger partial charge is 0.453 e. The van der Waals surface area contributed by atoms with Crippen LogP contribution in [0.15, 0.2) is 39.3 Å². The van der Waals surface area contributed by atoms with Crippen LogP contribution in [0.4, 0.5) is 27.8 Å². The van der Waals surface area contributed by atoms with E-state index in [-0.39, 0.29) is 52.4 Å². The molecule has 0 aliphatic carbocycles. The SMILES string of the molecule is CC1(c2ccc(C#N)cn2)C(=O)Nc2nc(C3=CN4NCN=C4C(CCC(F)(F)C(F)(F)F)=N3)[nH]c(=O)c21. The molecule has 1 amide bonds. The number of aliphatic imine (C=N–C) groups is 2. The van der Waals surface area contributed by atoms with E-state index in [0.29, 0.717) is 0 Å². The molecule has 5 rings (SSSR count). The van der Waals surface area contributed by atoms with Crippen molar-refractivity contribution < 1.29 is 26.7 Å². The molecule has 3 aliphatic rings. The highest BCUT2D eigenvalue weighted by molar-refractivity contribution is 6.43. The van der Waals surface area contributed by atoms with Gasteiger partial charge in [0.25, 0.3) is 5.56 Å². The summed E-state index contributed by atoms with van der Waals surface area (Å²) in [6.07, 6.45) is -5.46. The van der Waals surface area contributed by atoms with Gasteiger partial charge in [-0.3, -0.25) is 19.6 Å². The molecule has 0 spiro atoms. The maximum atomic E-state index is 13.6. The predicted octanol–water partition coefficient (Wildman–Crippen LogP) is 2.20. The molecular weight excluding hydrogens is 517 g/mol. The lowest BCUT2D eigenvalue weighted by Gasteiger charge is -2.24. The van der Waals surface area contributed by atoms with E-state index in [2.05, 4.69) is 35.7 Å². The molecule has 38 heavy (non-hydrogen) atoms. The highest BCUT2D eigenvalue weighted by Crippen LogP contribution is 2.40. The Morgan fingerprint density at radius 3 is 2.63 bits per heavy atom. The van der Waals surface area contributed by atoms with Gasteiger partial charge in [0.05, 0.1) is 28.7 Å². The minimum Gasteiger partial charge on any atom is -0.309 e. The Labute approximate surface area is 209 Å². The summed E-state index contributed by atoms with van der Waals surface area (Å²) in [5.41, 5.74) is 0.663. The second-order valence-electron chi connectivity index (χ2n) is 8.70. The van der Waals surface area contributed by atoms with E-state index < -0.39 is 41.8 Å². The maximum absolute atomic E-state index is 13.6. The molecular formula is C22H16F5N9O2. The van der Waals surface area contributed by atoms with Gasteiger partial charge >= 0.3 is 12.1 Å². The molecule has 0 saturated heterocycles. The lowest BCUT2D eigenvalue weighted by Crippen LogP contribution is -2.41. The molecule has 0 bridgehead atoms. The molecule has 0 saturated carbocycles. The first-order chi connectivity index (χ1) is 17.8. The van der Waals surface area contributed by atoms with Gasteiger partial charge in [0.15, 0.2) is 11.7 Å². The van der Waals surface area contributed by atoms with Crippen LogP contribution in [0.3, 0.4) is 0 Å². The van der Waals surface area contributed by atoms with Gasteiger partial charge in [0.2, 0.25) is 5.91 Å². The van der Waals surface area contributed by atoms with Crippen molar-refractivity contribution in [2.45, 2.75) is 37.3 Å². The Balaban J connectivity index is 1.52. The number of pyridine rings is 1. The molecule has 3 N–H and O–H groups in total. The summed E-state index contributed by atoms with van der Waals surface area (Å²) in [7, 11) is 0. The first kappa shape index (κ1) is 25.1. The summed E-state index contributed by atoms with van der Waals surface area (Å²) >= 11 is 0. The van der Waals surface area contributed by atoms with Crippen LogP contribution in [0.25, 0.3) is 5.70 Å². The summed E-state index contributed by atoms with van der Waals surface area (Å²) in [5, 5.41) is 12.8. The van der Waals surface area contributed by atoms with Crippen LogP contribution in [0.5, 0.6) is 0 Å². The van der Waals surface area contributed by atoms with E-state index in [1.54, 1.807) is 0 Å². The standard InChI is InChI=1S/C22H16F5N9O2/c1-20(13-3-2-10(6-28)7-29-13)14-16(35-19(20)38)33-15(34-18(14)37)12-8-36-17(30-9-31-36)11(32-12)4-5-21(23,24)22(25,26)27/h2-3,7-8,31H,4-5,9H2,1H3,(H2,33,34,35,37,38). The summed E-state index contributed by atoms with van der Waals surface area (Å²) in [5.74, 6) is -5.76. The highest BCUT2D eigenvalue weighted by Gasteiger charge is 2.57. The summed E-state index contributed by atoms with van der Waals surface area (Å²) < 4.78 is 65.1. The Hall–Kier alpha value is -4.52. The number of halogens is 5. The van der Waals surface area contributed by atoms with Gasteiger partial charge in [0, 0.05) is 12.6 Å². The third kappa shape index (κ3) is 3.91. The Bertz CT molecular complexity index is 1540. The molecule has 11 nitrogen and oxygen atoms in total. The summed E-state index contributed by atoms with van der Waals surface area (Å²) in [6, 6.07) is 4.80. The third-order valence-electron chi connectivity index (χ3n) is 6.31. The fourth-order valence-electron chi connectivity index (χ4n) is 4.22. The van der Waals surface area contributed by atoms with Crippen LogP contribution in [0, 0.1) is 11.3 Å². The number of amides is 1. The van der Waals surface area contributed by atoms with Crippen LogP contribution < -0.4 is 16.3 Å². The number of nitriles is 1. The van der Waals surface area contributed by atoms with Crippen LogP contribution >= 0.6 is 0 Å². The molecule has 0 aromatic carbocycles. The van der Waals surface area contributed by atoms with Gasteiger partial charge in [-0.05, 0) is 25.5 Å². The van der Waals surface area contributed by atoms with Crippen molar-refractivity contribution >= 4 is 29.0 Å². The molecule has 3 aliphatic heterocycles. The molecule has 16 heteroatoms. The first-order valence-corrected chi connectivity index (χ1v) is 11.0. The number of hydrogen-bond acceptors (Lipinski definition) is 9. The number of fused-ring (bicyclic) bond motifs is 2. The minimum absolute atomic E-state index is 0.0218. The average molecular weight is 533 g/mol. The number of carbonyl (C=O) groups excluding carboxylic acids is 1. The van der Waals surface area contributed by atoms with Crippen LogP contribution in [0.1, 0.15) is 42.4 Å². The third-order valence-corrected chi connectivity index (χ3v) is 6.31. The van der Waals surface area contributed by atoms with E-state index >= 15 is 0 Å². The lowest BCUT2D eigenvalue weighted by atomic mass is 9.81. The summed E-state index contributed by atoms with van der Waals surface area (Å²) in [6.45, 7) is 1.49. The van der Waals surface area contributed by atoms with E-state index in [1.807, 2.05) is 6.07 Å². The molecule has 2 aromatic rings. The number of amidine groups is 1. The average Bonchev–Trinajstić information content (AvgIpc) is 3.44.